The van der Waals surface area contributed by atoms with Gasteiger partial charge in [-0.05, 0) is 24.6 Å². The summed E-state index contributed by atoms with van der Waals surface area (Å²) in [5.41, 5.74) is 5.88. The van der Waals surface area contributed by atoms with Crippen LogP contribution in [0.4, 0.5) is 14.6 Å². The highest BCUT2D eigenvalue weighted by molar-refractivity contribution is 5.91. The standard InChI is InChI=1S/C18H20F2N4O/c19-14-5-1-4-13(17(14)20)12-23-8-3-9-24(11-10-23)16-7-2-6-15(22-16)18(21)25/h1-2,4-7H,3,8-12H2,(H2,21,25). The summed E-state index contributed by atoms with van der Waals surface area (Å²) in [6.45, 7) is 3.30. The van der Waals surface area contributed by atoms with Crippen molar-refractivity contribution in [3.63, 3.8) is 0 Å². The molecular formula is C18H20F2N4O. The first-order chi connectivity index (χ1) is 12.0. The summed E-state index contributed by atoms with van der Waals surface area (Å²) in [4.78, 5) is 19.8. The highest BCUT2D eigenvalue weighted by Crippen LogP contribution is 2.18. The highest BCUT2D eigenvalue weighted by Gasteiger charge is 2.18. The molecule has 0 saturated carbocycles. The maximum absolute atomic E-state index is 13.9. The summed E-state index contributed by atoms with van der Waals surface area (Å²) in [5, 5.41) is 0. The third-order valence-corrected chi connectivity index (χ3v) is 4.32. The van der Waals surface area contributed by atoms with Crippen LogP contribution in [0.1, 0.15) is 22.5 Å². The van der Waals surface area contributed by atoms with Crippen LogP contribution in [0.15, 0.2) is 36.4 Å². The number of primary amides is 1. The Morgan fingerprint density at radius 1 is 1.08 bits per heavy atom. The van der Waals surface area contributed by atoms with Crippen molar-refractivity contribution in [2.75, 3.05) is 31.1 Å². The first kappa shape index (κ1) is 17.3. The monoisotopic (exact) mass is 346 g/mol. The molecule has 0 atom stereocenters. The number of hydrogen-bond donors (Lipinski definition) is 1. The van der Waals surface area contributed by atoms with Crippen molar-refractivity contribution in [2.45, 2.75) is 13.0 Å². The first-order valence-corrected chi connectivity index (χ1v) is 8.21. The van der Waals surface area contributed by atoms with Crippen LogP contribution in [-0.4, -0.2) is 42.0 Å². The zero-order chi connectivity index (χ0) is 17.8. The number of carbonyl (C=O) groups is 1. The number of benzene rings is 1. The molecule has 7 heteroatoms. The first-order valence-electron chi connectivity index (χ1n) is 8.21. The summed E-state index contributed by atoms with van der Waals surface area (Å²) in [5.74, 6) is -1.45. The summed E-state index contributed by atoms with van der Waals surface area (Å²) in [7, 11) is 0. The second kappa shape index (κ2) is 7.57. The van der Waals surface area contributed by atoms with Gasteiger partial charge in [0, 0.05) is 38.3 Å². The molecule has 132 valence electrons. The molecule has 1 aromatic carbocycles. The molecule has 1 aliphatic rings. The molecule has 1 aromatic heterocycles. The van der Waals surface area contributed by atoms with Crippen molar-refractivity contribution >= 4 is 11.7 Å². The number of anilines is 1. The van der Waals surface area contributed by atoms with Crippen molar-refractivity contribution in [1.29, 1.82) is 0 Å². The summed E-state index contributed by atoms with van der Waals surface area (Å²) in [6, 6.07) is 9.45. The van der Waals surface area contributed by atoms with Gasteiger partial charge >= 0.3 is 0 Å². The normalized spacial score (nSPS) is 15.8. The van der Waals surface area contributed by atoms with E-state index in [1.165, 1.54) is 6.07 Å². The number of nitrogens with two attached hydrogens (primary N) is 1. The number of hydrogen-bond acceptors (Lipinski definition) is 4. The van der Waals surface area contributed by atoms with Gasteiger partial charge in [0.25, 0.3) is 5.91 Å². The van der Waals surface area contributed by atoms with Crippen LogP contribution < -0.4 is 10.6 Å². The molecule has 1 amide bonds. The Hall–Kier alpha value is -2.54. The molecule has 25 heavy (non-hydrogen) atoms. The Morgan fingerprint density at radius 2 is 1.88 bits per heavy atom. The number of pyridine rings is 1. The van der Waals surface area contributed by atoms with Crippen LogP contribution in [0.3, 0.4) is 0 Å². The number of rotatable bonds is 4. The van der Waals surface area contributed by atoms with Gasteiger partial charge in [-0.2, -0.15) is 0 Å². The number of halogens is 2. The van der Waals surface area contributed by atoms with E-state index in [1.54, 1.807) is 18.2 Å². The van der Waals surface area contributed by atoms with Crippen LogP contribution in [-0.2, 0) is 6.54 Å². The van der Waals surface area contributed by atoms with E-state index in [1.807, 2.05) is 6.07 Å². The molecule has 1 fully saturated rings. The van der Waals surface area contributed by atoms with E-state index >= 15 is 0 Å². The van der Waals surface area contributed by atoms with Crippen LogP contribution in [0.2, 0.25) is 0 Å². The molecule has 0 unspecified atom stereocenters. The van der Waals surface area contributed by atoms with Gasteiger partial charge in [0.15, 0.2) is 11.6 Å². The highest BCUT2D eigenvalue weighted by atomic mass is 19.2. The summed E-state index contributed by atoms with van der Waals surface area (Å²) < 4.78 is 27.2. The Bertz CT molecular complexity index is 768. The summed E-state index contributed by atoms with van der Waals surface area (Å²) >= 11 is 0. The van der Waals surface area contributed by atoms with E-state index in [9.17, 15) is 13.6 Å². The molecule has 0 aliphatic carbocycles. The fourth-order valence-electron chi connectivity index (χ4n) is 3.01. The Kier molecular flexibility index (Phi) is 5.23. The van der Waals surface area contributed by atoms with E-state index in [2.05, 4.69) is 14.8 Å². The second-order valence-corrected chi connectivity index (χ2v) is 6.07. The molecule has 3 rings (SSSR count). The molecule has 2 N–H and O–H groups in total. The smallest absolute Gasteiger partial charge is 0.267 e. The average molecular weight is 346 g/mol. The Morgan fingerprint density at radius 3 is 2.68 bits per heavy atom. The van der Waals surface area contributed by atoms with Crippen LogP contribution in [0.25, 0.3) is 0 Å². The quantitative estimate of drug-likeness (QED) is 0.922. The van der Waals surface area contributed by atoms with E-state index in [0.717, 1.165) is 25.6 Å². The van der Waals surface area contributed by atoms with Crippen molar-refractivity contribution in [2.24, 2.45) is 5.73 Å². The maximum atomic E-state index is 13.9. The number of carbonyl (C=O) groups excluding carboxylic acids is 1. The van der Waals surface area contributed by atoms with Gasteiger partial charge < -0.3 is 10.6 Å². The fourth-order valence-corrected chi connectivity index (χ4v) is 3.01. The molecule has 1 aliphatic heterocycles. The molecule has 5 nitrogen and oxygen atoms in total. The number of aromatic nitrogens is 1. The lowest BCUT2D eigenvalue weighted by Gasteiger charge is -2.23. The lowest BCUT2D eigenvalue weighted by molar-refractivity contribution is 0.0995. The van der Waals surface area contributed by atoms with Gasteiger partial charge in [-0.15, -0.1) is 0 Å². The lowest BCUT2D eigenvalue weighted by atomic mass is 10.2. The average Bonchev–Trinajstić information content (AvgIpc) is 2.85. The predicted octanol–water partition coefficient (Wildman–Crippen LogP) is 2.17. The number of nitrogens with zero attached hydrogens (tertiary/aromatic N) is 3. The molecule has 0 radical (unpaired) electrons. The topological polar surface area (TPSA) is 62.5 Å². The van der Waals surface area contributed by atoms with Crippen molar-refractivity contribution in [3.8, 4) is 0 Å². The molecular weight excluding hydrogens is 326 g/mol. The van der Waals surface area contributed by atoms with Gasteiger partial charge in [-0.25, -0.2) is 13.8 Å². The minimum atomic E-state index is -0.818. The van der Waals surface area contributed by atoms with Crippen molar-refractivity contribution in [1.82, 2.24) is 9.88 Å². The van der Waals surface area contributed by atoms with Gasteiger partial charge in [0.1, 0.15) is 11.5 Å². The van der Waals surface area contributed by atoms with Crippen molar-refractivity contribution < 1.29 is 13.6 Å². The lowest BCUT2D eigenvalue weighted by Crippen LogP contribution is -2.31. The Labute approximate surface area is 145 Å². The van der Waals surface area contributed by atoms with Crippen LogP contribution in [0, 0.1) is 11.6 Å². The largest absolute Gasteiger partial charge is 0.364 e. The van der Waals surface area contributed by atoms with Gasteiger partial charge in [0.05, 0.1) is 0 Å². The zero-order valence-electron chi connectivity index (χ0n) is 13.8. The van der Waals surface area contributed by atoms with Crippen molar-refractivity contribution in [3.05, 3.63) is 59.3 Å². The van der Waals surface area contributed by atoms with Gasteiger partial charge in [-0.3, -0.25) is 9.69 Å². The molecule has 2 heterocycles. The maximum Gasteiger partial charge on any atom is 0.267 e. The third-order valence-electron chi connectivity index (χ3n) is 4.32. The Balaban J connectivity index is 1.67. The van der Waals surface area contributed by atoms with Crippen LogP contribution >= 0.6 is 0 Å². The van der Waals surface area contributed by atoms with Gasteiger partial charge in [0.2, 0.25) is 0 Å². The predicted molar refractivity (Wildman–Crippen MR) is 91.2 cm³/mol. The summed E-state index contributed by atoms with van der Waals surface area (Å²) in [6.07, 6.45) is 0.861. The minimum Gasteiger partial charge on any atom is -0.364 e. The van der Waals surface area contributed by atoms with Gasteiger partial charge in [-0.1, -0.05) is 18.2 Å². The molecule has 2 aromatic rings. The number of amides is 1. The fraction of sp³-hybridized carbons (Fsp3) is 0.333. The minimum absolute atomic E-state index is 0.237. The third kappa shape index (κ3) is 4.11. The molecule has 0 bridgehead atoms. The van der Waals surface area contributed by atoms with E-state index in [-0.39, 0.29) is 5.69 Å². The van der Waals surface area contributed by atoms with E-state index < -0.39 is 17.5 Å². The second-order valence-electron chi connectivity index (χ2n) is 6.07. The molecule has 0 spiro atoms. The SMILES string of the molecule is NC(=O)c1cccc(N2CCCN(Cc3cccc(F)c3F)CC2)n1. The van der Waals surface area contributed by atoms with Crippen LogP contribution in [0.5, 0.6) is 0 Å². The van der Waals surface area contributed by atoms with E-state index in [0.29, 0.717) is 31.0 Å². The zero-order valence-corrected chi connectivity index (χ0v) is 13.8. The molecule has 1 saturated heterocycles. The van der Waals surface area contributed by atoms with E-state index in [4.69, 9.17) is 5.73 Å².